The van der Waals surface area contributed by atoms with Gasteiger partial charge in [-0.15, -0.1) is 0 Å². The molecule has 0 bridgehead atoms. The lowest BCUT2D eigenvalue weighted by molar-refractivity contribution is 0.0696. The summed E-state index contributed by atoms with van der Waals surface area (Å²) in [6, 6.07) is 17.5. The molecule has 0 saturated heterocycles. The molecule has 2 aliphatic carbocycles. The Hall–Kier alpha value is -2.63. The third kappa shape index (κ3) is 6.24. The average Bonchev–Trinajstić information content (AvgIpc) is 3.61. The van der Waals surface area contributed by atoms with Crippen molar-refractivity contribution in [3.05, 3.63) is 70.8 Å². The lowest BCUT2D eigenvalue weighted by atomic mass is 9.90. The summed E-state index contributed by atoms with van der Waals surface area (Å²) in [6.45, 7) is 2.96. The van der Waals surface area contributed by atoms with Crippen molar-refractivity contribution in [1.29, 1.82) is 0 Å². The molecule has 0 spiro atoms. The smallest absolute Gasteiger partial charge is 0.335 e. The first-order valence-corrected chi connectivity index (χ1v) is 12.2. The number of hydrogen-bond acceptors (Lipinski definition) is 4. The number of ether oxygens (including phenoxy) is 1. The van der Waals surface area contributed by atoms with Gasteiger partial charge in [0.1, 0.15) is 5.75 Å². The number of aromatic carboxylic acids is 1. The van der Waals surface area contributed by atoms with Crippen LogP contribution in [0.5, 0.6) is 5.75 Å². The maximum absolute atomic E-state index is 11.2. The van der Waals surface area contributed by atoms with Gasteiger partial charge in [-0.3, -0.25) is 0 Å². The number of methoxy groups -OCH3 is 1. The number of carboxylic acids is 1. The van der Waals surface area contributed by atoms with E-state index in [1.54, 1.807) is 24.8 Å². The van der Waals surface area contributed by atoms with E-state index in [1.165, 1.54) is 24.8 Å². The van der Waals surface area contributed by atoms with Crippen molar-refractivity contribution < 1.29 is 14.6 Å². The molecule has 2 aliphatic rings. The molecule has 2 aromatic carbocycles. The van der Waals surface area contributed by atoms with Crippen LogP contribution in [0, 0.1) is 5.92 Å². The van der Waals surface area contributed by atoms with Crippen molar-refractivity contribution in [3.63, 3.8) is 0 Å². The summed E-state index contributed by atoms with van der Waals surface area (Å²) in [5.41, 5.74) is 4.13. The molecule has 2 atom stereocenters. The minimum absolute atomic E-state index is 0.255. The van der Waals surface area contributed by atoms with Gasteiger partial charge in [0.05, 0.1) is 12.7 Å². The Morgan fingerprint density at radius 3 is 2.48 bits per heavy atom. The fraction of sp³-hybridized carbons (Fsp3) is 0.464. The lowest BCUT2D eigenvalue weighted by Crippen LogP contribution is -2.41. The van der Waals surface area contributed by atoms with Crippen molar-refractivity contribution >= 4 is 12.0 Å². The maximum Gasteiger partial charge on any atom is 0.335 e. The summed E-state index contributed by atoms with van der Waals surface area (Å²) in [7, 11) is 1.59. The van der Waals surface area contributed by atoms with Gasteiger partial charge in [0.25, 0.3) is 0 Å². The molecule has 5 heteroatoms. The Balaban J connectivity index is 1.22. The molecule has 2 fully saturated rings. The molecule has 176 valence electrons. The summed E-state index contributed by atoms with van der Waals surface area (Å²) in [5.74, 6) is 0.387. The molecule has 0 aromatic heterocycles. The summed E-state index contributed by atoms with van der Waals surface area (Å²) in [6.07, 6.45) is 9.46. The standard InChI is InChI=1S/C28H36N2O3/c1-3-20(15-19-7-5-4-6-8-19)25-17-26(25)30-24-13-11-23(12-14-24)29-18-22-10-9-21(28(31)32)16-27(22)33-2/h4-10,15-16,23-26,29-30H,3,11-14,17-18H2,1-2H3,(H,31,32)/b20-15+/t23-,24-,25-,26+/m0/s1. The third-order valence-electron chi connectivity index (χ3n) is 7.12. The van der Waals surface area contributed by atoms with Gasteiger partial charge in [0.2, 0.25) is 0 Å². The second-order valence-corrected chi connectivity index (χ2v) is 9.36. The second-order valence-electron chi connectivity index (χ2n) is 9.36. The summed E-state index contributed by atoms with van der Waals surface area (Å²) in [5, 5.41) is 16.7. The molecule has 2 saturated carbocycles. The van der Waals surface area contributed by atoms with Crippen LogP contribution in [0.3, 0.4) is 0 Å². The van der Waals surface area contributed by atoms with Crippen LogP contribution in [0.1, 0.15) is 66.9 Å². The fourth-order valence-electron chi connectivity index (χ4n) is 5.07. The predicted molar refractivity (Wildman–Crippen MR) is 133 cm³/mol. The highest BCUT2D eigenvalue weighted by Crippen LogP contribution is 2.40. The number of carboxylic acid groups (broad SMARTS) is 1. The molecular weight excluding hydrogens is 412 g/mol. The maximum atomic E-state index is 11.2. The molecule has 33 heavy (non-hydrogen) atoms. The zero-order valence-electron chi connectivity index (χ0n) is 19.7. The number of nitrogens with one attached hydrogen (secondary N) is 2. The van der Waals surface area contributed by atoms with E-state index in [4.69, 9.17) is 9.84 Å². The molecule has 0 unspecified atom stereocenters. The highest BCUT2D eigenvalue weighted by molar-refractivity contribution is 5.88. The van der Waals surface area contributed by atoms with Gasteiger partial charge >= 0.3 is 5.97 Å². The highest BCUT2D eigenvalue weighted by atomic mass is 16.5. The largest absolute Gasteiger partial charge is 0.496 e. The van der Waals surface area contributed by atoms with Gasteiger partial charge in [0.15, 0.2) is 0 Å². The van der Waals surface area contributed by atoms with E-state index in [9.17, 15) is 4.79 Å². The van der Waals surface area contributed by atoms with Gasteiger partial charge in [-0.25, -0.2) is 4.79 Å². The van der Waals surface area contributed by atoms with E-state index in [0.717, 1.165) is 24.8 Å². The van der Waals surface area contributed by atoms with Crippen LogP contribution in [0.2, 0.25) is 0 Å². The molecular formula is C28H36N2O3. The van der Waals surface area contributed by atoms with Crippen molar-refractivity contribution in [1.82, 2.24) is 10.6 Å². The Morgan fingerprint density at radius 1 is 1.09 bits per heavy atom. The monoisotopic (exact) mass is 448 g/mol. The Bertz CT molecular complexity index is 964. The molecule has 4 rings (SSSR count). The summed E-state index contributed by atoms with van der Waals surface area (Å²) < 4.78 is 5.40. The van der Waals surface area contributed by atoms with E-state index >= 15 is 0 Å². The molecule has 5 nitrogen and oxygen atoms in total. The van der Waals surface area contributed by atoms with Gasteiger partial charge < -0.3 is 20.5 Å². The minimum atomic E-state index is -0.932. The van der Waals surface area contributed by atoms with Crippen LogP contribution < -0.4 is 15.4 Å². The normalized spacial score (nSPS) is 25.0. The second kappa shape index (κ2) is 11.0. The number of carbonyl (C=O) groups is 1. The molecule has 0 radical (unpaired) electrons. The first-order chi connectivity index (χ1) is 16.1. The summed E-state index contributed by atoms with van der Waals surface area (Å²) in [4.78, 5) is 11.2. The Morgan fingerprint density at radius 2 is 1.82 bits per heavy atom. The number of rotatable bonds is 10. The van der Waals surface area contributed by atoms with E-state index in [2.05, 4.69) is 54.0 Å². The van der Waals surface area contributed by atoms with E-state index in [0.29, 0.717) is 36.3 Å². The Labute approximate surface area is 197 Å². The fourth-order valence-corrected chi connectivity index (χ4v) is 5.07. The molecule has 0 amide bonds. The van der Waals surface area contributed by atoms with Gasteiger partial charge in [-0.05, 0) is 62.1 Å². The zero-order valence-corrected chi connectivity index (χ0v) is 19.7. The number of benzene rings is 2. The van der Waals surface area contributed by atoms with Crippen molar-refractivity contribution in [3.8, 4) is 5.75 Å². The van der Waals surface area contributed by atoms with Gasteiger partial charge in [0, 0.05) is 30.2 Å². The summed E-state index contributed by atoms with van der Waals surface area (Å²) >= 11 is 0. The van der Waals surface area contributed by atoms with Crippen molar-refractivity contribution in [2.24, 2.45) is 5.92 Å². The van der Waals surface area contributed by atoms with Gasteiger partial charge in [-0.1, -0.05) is 55.0 Å². The van der Waals surface area contributed by atoms with Crippen LogP contribution in [0.15, 0.2) is 54.1 Å². The predicted octanol–water partition coefficient (Wildman–Crippen LogP) is 5.27. The quantitative estimate of drug-likeness (QED) is 0.462. The zero-order chi connectivity index (χ0) is 23.2. The van der Waals surface area contributed by atoms with Crippen molar-refractivity contribution in [2.45, 2.75) is 70.1 Å². The van der Waals surface area contributed by atoms with Gasteiger partial charge in [-0.2, -0.15) is 0 Å². The molecule has 0 heterocycles. The topological polar surface area (TPSA) is 70.6 Å². The lowest BCUT2D eigenvalue weighted by Gasteiger charge is -2.30. The SMILES string of the molecule is CC/C(=C\c1ccccc1)[C@@H]1C[C@H]1N[C@H]1CC[C@H](NCc2ccc(C(=O)O)cc2OC)CC1. The minimum Gasteiger partial charge on any atom is -0.496 e. The number of hydrogen-bond donors (Lipinski definition) is 3. The average molecular weight is 449 g/mol. The highest BCUT2D eigenvalue weighted by Gasteiger charge is 2.40. The molecule has 3 N–H and O–H groups in total. The van der Waals surface area contributed by atoms with Crippen LogP contribution >= 0.6 is 0 Å². The first-order valence-electron chi connectivity index (χ1n) is 12.2. The third-order valence-corrected chi connectivity index (χ3v) is 7.12. The van der Waals surface area contributed by atoms with Crippen LogP contribution in [0.25, 0.3) is 6.08 Å². The molecule has 2 aromatic rings. The van der Waals surface area contributed by atoms with Crippen molar-refractivity contribution in [2.75, 3.05) is 7.11 Å². The van der Waals surface area contributed by atoms with E-state index in [1.807, 2.05) is 6.07 Å². The molecule has 0 aliphatic heterocycles. The first kappa shape index (κ1) is 23.5. The van der Waals surface area contributed by atoms with E-state index in [-0.39, 0.29) is 5.56 Å². The van der Waals surface area contributed by atoms with E-state index < -0.39 is 5.97 Å². The van der Waals surface area contributed by atoms with Crippen LogP contribution in [-0.2, 0) is 6.54 Å². The van der Waals surface area contributed by atoms with Crippen LogP contribution in [-0.4, -0.2) is 36.3 Å². The Kier molecular flexibility index (Phi) is 7.84. The van der Waals surface area contributed by atoms with Crippen LogP contribution in [0.4, 0.5) is 0 Å².